The zero-order valence-electron chi connectivity index (χ0n) is 13.8. The Bertz CT molecular complexity index is 1010. The molecule has 0 unspecified atom stereocenters. The molecule has 0 atom stereocenters. The Balaban J connectivity index is 2.05. The maximum Gasteiger partial charge on any atom is 0.337 e. The van der Waals surface area contributed by atoms with E-state index < -0.39 is 16.8 Å². The molecule has 0 fully saturated rings. The minimum absolute atomic E-state index is 0.0193. The number of nitrogens with one attached hydrogen (secondary N) is 2. The quantitative estimate of drug-likeness (QED) is 0.277. The van der Waals surface area contributed by atoms with Gasteiger partial charge >= 0.3 is 5.97 Å². The molecule has 144 valence electrons. The van der Waals surface area contributed by atoms with Crippen molar-refractivity contribution >= 4 is 69.9 Å². The monoisotopic (exact) mass is 439 g/mol. The van der Waals surface area contributed by atoms with Crippen molar-refractivity contribution in [2.75, 3.05) is 5.32 Å². The Morgan fingerprint density at radius 2 is 1.89 bits per heavy atom. The van der Waals surface area contributed by atoms with Gasteiger partial charge in [0, 0.05) is 17.2 Å². The summed E-state index contributed by atoms with van der Waals surface area (Å²) in [7, 11) is 0. The molecule has 0 saturated carbocycles. The predicted molar refractivity (Wildman–Crippen MR) is 110 cm³/mol. The molecule has 0 radical (unpaired) electrons. The number of anilines is 1. The van der Waals surface area contributed by atoms with Crippen molar-refractivity contribution in [3.63, 3.8) is 0 Å². The summed E-state index contributed by atoms with van der Waals surface area (Å²) in [5.74, 6) is -1.84. The van der Waals surface area contributed by atoms with Crippen LogP contribution in [-0.2, 0) is 4.79 Å². The number of halogens is 2. The highest BCUT2D eigenvalue weighted by Crippen LogP contribution is 2.25. The van der Waals surface area contributed by atoms with E-state index in [0.29, 0.717) is 5.56 Å². The van der Waals surface area contributed by atoms with Crippen molar-refractivity contribution < 1.29 is 19.6 Å². The van der Waals surface area contributed by atoms with Gasteiger partial charge in [-0.25, -0.2) is 4.79 Å². The number of carbonyl (C=O) groups is 2. The van der Waals surface area contributed by atoms with Gasteiger partial charge < -0.3 is 10.4 Å². The average Bonchev–Trinajstić information content (AvgIpc) is 2.62. The Kier molecular flexibility index (Phi) is 7.05. The minimum atomic E-state index is -1.22. The molecule has 28 heavy (non-hydrogen) atoms. The van der Waals surface area contributed by atoms with Gasteiger partial charge in [-0.05, 0) is 48.1 Å². The third kappa shape index (κ3) is 5.74. The van der Waals surface area contributed by atoms with Crippen molar-refractivity contribution in [1.29, 1.82) is 0 Å². The van der Waals surface area contributed by atoms with Crippen molar-refractivity contribution in [2.45, 2.75) is 0 Å². The number of aromatic carboxylic acids is 1. The maximum atomic E-state index is 12.0. The lowest BCUT2D eigenvalue weighted by Gasteiger charge is -2.11. The first-order valence-corrected chi connectivity index (χ1v) is 8.60. The highest BCUT2D eigenvalue weighted by molar-refractivity contribution is 7.80. The van der Waals surface area contributed by atoms with Gasteiger partial charge in [0.2, 0.25) is 5.91 Å². The first-order valence-electron chi connectivity index (χ1n) is 7.44. The number of hydrogen-bond donors (Lipinski definition) is 3. The molecule has 3 N–H and O–H groups in total. The fourth-order valence-electron chi connectivity index (χ4n) is 2.05. The van der Waals surface area contributed by atoms with Crippen molar-refractivity contribution in [1.82, 2.24) is 5.32 Å². The van der Waals surface area contributed by atoms with E-state index in [1.165, 1.54) is 42.5 Å². The maximum absolute atomic E-state index is 12.0. The second kappa shape index (κ2) is 9.27. The summed E-state index contributed by atoms with van der Waals surface area (Å²) in [5, 5.41) is 25.1. The molecule has 2 rings (SSSR count). The number of carboxylic acid groups (broad SMARTS) is 1. The van der Waals surface area contributed by atoms with Crippen molar-refractivity contribution in [2.24, 2.45) is 0 Å². The van der Waals surface area contributed by atoms with E-state index in [1.54, 1.807) is 0 Å². The molecule has 0 saturated heterocycles. The molecule has 0 aliphatic carbocycles. The summed E-state index contributed by atoms with van der Waals surface area (Å²) < 4.78 is 0. The van der Waals surface area contributed by atoms with E-state index in [4.69, 9.17) is 35.4 Å². The van der Waals surface area contributed by atoms with Crippen LogP contribution < -0.4 is 10.6 Å². The van der Waals surface area contributed by atoms with E-state index in [-0.39, 0.29) is 32.1 Å². The molecule has 0 aliphatic rings. The van der Waals surface area contributed by atoms with Crippen molar-refractivity contribution in [3.05, 3.63) is 73.8 Å². The van der Waals surface area contributed by atoms with Gasteiger partial charge in [-0.3, -0.25) is 20.2 Å². The lowest BCUT2D eigenvalue weighted by molar-refractivity contribution is -0.384. The van der Waals surface area contributed by atoms with Gasteiger partial charge in [-0.1, -0.05) is 29.3 Å². The summed E-state index contributed by atoms with van der Waals surface area (Å²) in [5.41, 5.74) is 0.133. The molecule has 2 aromatic carbocycles. The Hall–Kier alpha value is -3.01. The Morgan fingerprint density at radius 3 is 2.54 bits per heavy atom. The van der Waals surface area contributed by atoms with Crippen LogP contribution >= 0.6 is 35.4 Å². The van der Waals surface area contributed by atoms with Gasteiger partial charge in [0.05, 0.1) is 16.2 Å². The van der Waals surface area contributed by atoms with E-state index in [0.717, 1.165) is 6.08 Å². The number of amides is 1. The van der Waals surface area contributed by atoms with Crippen LogP contribution in [0.3, 0.4) is 0 Å². The highest BCUT2D eigenvalue weighted by atomic mass is 35.5. The second-order valence-electron chi connectivity index (χ2n) is 5.24. The van der Waals surface area contributed by atoms with Gasteiger partial charge in [0.1, 0.15) is 5.02 Å². The predicted octanol–water partition coefficient (Wildman–Crippen LogP) is 4.13. The Morgan fingerprint density at radius 1 is 1.18 bits per heavy atom. The fourth-order valence-corrected chi connectivity index (χ4v) is 2.62. The van der Waals surface area contributed by atoms with E-state index in [1.807, 2.05) is 0 Å². The first-order chi connectivity index (χ1) is 13.2. The molecule has 0 spiro atoms. The lowest BCUT2D eigenvalue weighted by atomic mass is 10.2. The van der Waals surface area contributed by atoms with Crippen LogP contribution in [0, 0.1) is 10.1 Å². The third-order valence-corrected chi connectivity index (χ3v) is 4.05. The number of hydrogen-bond acceptors (Lipinski definition) is 5. The van der Waals surface area contributed by atoms with Gasteiger partial charge in [0.25, 0.3) is 5.69 Å². The number of thiocarbonyl (C=S) groups is 1. The average molecular weight is 440 g/mol. The normalized spacial score (nSPS) is 10.5. The third-order valence-electron chi connectivity index (χ3n) is 3.29. The van der Waals surface area contributed by atoms with Crippen molar-refractivity contribution in [3.8, 4) is 0 Å². The second-order valence-corrected chi connectivity index (χ2v) is 6.49. The van der Waals surface area contributed by atoms with Gasteiger partial charge in [-0.15, -0.1) is 0 Å². The van der Waals surface area contributed by atoms with E-state index >= 15 is 0 Å². The highest BCUT2D eigenvalue weighted by Gasteiger charge is 2.13. The molecular weight excluding hydrogens is 429 g/mol. The summed E-state index contributed by atoms with van der Waals surface area (Å²) in [6, 6.07) is 8.18. The van der Waals surface area contributed by atoms with E-state index in [2.05, 4.69) is 10.6 Å². The van der Waals surface area contributed by atoms with Gasteiger partial charge in [0.15, 0.2) is 5.11 Å². The largest absolute Gasteiger partial charge is 0.478 e. The number of nitro groups is 1. The molecule has 0 bridgehead atoms. The van der Waals surface area contributed by atoms with Crippen LogP contribution in [0.2, 0.25) is 10.0 Å². The lowest BCUT2D eigenvalue weighted by Crippen LogP contribution is -2.33. The first kappa shape index (κ1) is 21.3. The molecule has 0 heterocycles. The van der Waals surface area contributed by atoms with Crippen LogP contribution in [0.4, 0.5) is 11.4 Å². The van der Waals surface area contributed by atoms with Gasteiger partial charge in [-0.2, -0.15) is 0 Å². The zero-order valence-corrected chi connectivity index (χ0v) is 16.1. The fraction of sp³-hybridized carbons (Fsp3) is 0. The number of nitrogens with zero attached hydrogens (tertiary/aromatic N) is 1. The van der Waals surface area contributed by atoms with Crippen LogP contribution in [0.1, 0.15) is 15.9 Å². The number of benzene rings is 2. The molecule has 11 heteroatoms. The molecule has 0 aromatic heterocycles. The Labute approximate surface area is 173 Å². The topological polar surface area (TPSA) is 122 Å². The number of rotatable bonds is 5. The molecule has 8 nitrogen and oxygen atoms in total. The zero-order chi connectivity index (χ0) is 20.8. The smallest absolute Gasteiger partial charge is 0.337 e. The van der Waals surface area contributed by atoms with Crippen LogP contribution in [-0.4, -0.2) is 27.0 Å². The van der Waals surface area contributed by atoms with E-state index in [9.17, 15) is 24.8 Å². The SMILES string of the molecule is O=C(C=Cc1ccc(Cl)c([N+](=O)[O-])c1)NC(=S)Nc1ccc(Cl)cc1C(=O)O. The van der Waals surface area contributed by atoms with Crippen LogP contribution in [0.25, 0.3) is 6.08 Å². The standard InChI is InChI=1S/C17H11Cl2N3O5S/c18-10-3-5-13(11(8-10)16(24)25)20-17(28)21-15(23)6-2-9-1-4-12(19)14(7-9)22(26)27/h1-8H,(H,24,25)(H2,20,21,23,28). The molecule has 0 aliphatic heterocycles. The summed E-state index contributed by atoms with van der Waals surface area (Å²) in [6.45, 7) is 0. The number of carboxylic acids is 1. The molecule has 1 amide bonds. The summed E-state index contributed by atoms with van der Waals surface area (Å²) >= 11 is 16.5. The number of nitro benzene ring substituents is 1. The molecular formula is C17H11Cl2N3O5S. The molecule has 2 aromatic rings. The van der Waals surface area contributed by atoms with Crippen LogP contribution in [0.15, 0.2) is 42.5 Å². The van der Waals surface area contributed by atoms with Crippen LogP contribution in [0.5, 0.6) is 0 Å². The number of carbonyl (C=O) groups excluding carboxylic acids is 1. The summed E-state index contributed by atoms with van der Waals surface area (Å²) in [6.07, 6.45) is 2.45. The summed E-state index contributed by atoms with van der Waals surface area (Å²) in [4.78, 5) is 33.4. The minimum Gasteiger partial charge on any atom is -0.478 e.